The summed E-state index contributed by atoms with van der Waals surface area (Å²) in [6, 6.07) is 12.5. The van der Waals surface area contributed by atoms with Gasteiger partial charge in [-0.1, -0.05) is 30.3 Å². The van der Waals surface area contributed by atoms with Crippen molar-refractivity contribution in [2.24, 2.45) is 7.05 Å². The zero-order valence-corrected chi connectivity index (χ0v) is 14.1. The van der Waals surface area contributed by atoms with Gasteiger partial charge in [0, 0.05) is 25.5 Å². The van der Waals surface area contributed by atoms with Crippen LogP contribution in [0.25, 0.3) is 11.0 Å². The minimum absolute atomic E-state index is 0.218. The van der Waals surface area contributed by atoms with Crippen LogP contribution in [0, 0.1) is 6.92 Å². The van der Waals surface area contributed by atoms with Gasteiger partial charge in [-0.05, 0) is 31.4 Å². The number of rotatable bonds is 4. The second kappa shape index (κ2) is 6.24. The lowest BCUT2D eigenvalue weighted by atomic mass is 10.1. The van der Waals surface area contributed by atoms with Crippen molar-refractivity contribution in [3.8, 4) is 0 Å². The van der Waals surface area contributed by atoms with Gasteiger partial charge in [0.25, 0.3) is 0 Å². The number of aromatic nitrogens is 3. The molecule has 1 saturated heterocycles. The third-order valence-corrected chi connectivity index (χ3v) is 4.70. The molecule has 5 nitrogen and oxygen atoms in total. The van der Waals surface area contributed by atoms with Crippen LogP contribution in [0.1, 0.15) is 30.2 Å². The molecule has 1 N–H and O–H groups in total. The zero-order valence-electron chi connectivity index (χ0n) is 14.1. The average Bonchev–Trinajstić information content (AvgIpc) is 3.19. The molecule has 0 saturated carbocycles. The number of hydrogen-bond donors (Lipinski definition) is 1. The van der Waals surface area contributed by atoms with Gasteiger partial charge >= 0.3 is 0 Å². The van der Waals surface area contributed by atoms with E-state index in [1.165, 1.54) is 5.56 Å². The standard InChI is InChI=1S/C19H22N4O/c1-13-18-16(10-11-20-19(18)23(2)22-13)21-12-15-8-9-17(24-15)14-6-4-3-5-7-14/h3-7,10-11,15,17H,8-9,12H2,1-2H3,(H,20,21)/t15-,17+/m1/s1. The van der Waals surface area contributed by atoms with Crippen molar-refractivity contribution in [2.45, 2.75) is 32.0 Å². The molecule has 1 aliphatic heterocycles. The van der Waals surface area contributed by atoms with E-state index in [2.05, 4.69) is 39.7 Å². The van der Waals surface area contributed by atoms with E-state index >= 15 is 0 Å². The Balaban J connectivity index is 1.45. The summed E-state index contributed by atoms with van der Waals surface area (Å²) in [4.78, 5) is 4.42. The molecule has 4 rings (SSSR count). The van der Waals surface area contributed by atoms with Gasteiger partial charge in [-0.3, -0.25) is 4.68 Å². The Hall–Kier alpha value is -2.40. The first-order valence-electron chi connectivity index (χ1n) is 8.45. The van der Waals surface area contributed by atoms with Crippen LogP contribution in [0.2, 0.25) is 0 Å². The third-order valence-electron chi connectivity index (χ3n) is 4.70. The van der Waals surface area contributed by atoms with Gasteiger partial charge in [0.15, 0.2) is 5.65 Å². The largest absolute Gasteiger partial charge is 0.382 e. The predicted octanol–water partition coefficient (Wildman–Crippen LogP) is 3.61. The fourth-order valence-electron chi connectivity index (χ4n) is 3.52. The summed E-state index contributed by atoms with van der Waals surface area (Å²) in [7, 11) is 1.93. The highest BCUT2D eigenvalue weighted by molar-refractivity contribution is 5.91. The van der Waals surface area contributed by atoms with Crippen LogP contribution in [0.3, 0.4) is 0 Å². The van der Waals surface area contributed by atoms with Crippen molar-refractivity contribution >= 4 is 16.7 Å². The highest BCUT2D eigenvalue weighted by Crippen LogP contribution is 2.33. The molecule has 0 amide bonds. The second-order valence-electron chi connectivity index (χ2n) is 6.38. The Kier molecular flexibility index (Phi) is 3.94. The number of hydrogen-bond acceptors (Lipinski definition) is 4. The van der Waals surface area contributed by atoms with Crippen LogP contribution in [0.4, 0.5) is 5.69 Å². The molecule has 24 heavy (non-hydrogen) atoms. The first-order valence-corrected chi connectivity index (χ1v) is 8.45. The molecule has 124 valence electrons. The number of nitrogens with one attached hydrogen (secondary N) is 1. The molecule has 2 atom stereocenters. The van der Waals surface area contributed by atoms with Gasteiger partial charge in [-0.25, -0.2) is 4.98 Å². The van der Waals surface area contributed by atoms with Crippen molar-refractivity contribution in [3.63, 3.8) is 0 Å². The molecule has 5 heteroatoms. The average molecular weight is 322 g/mol. The molecule has 0 aliphatic carbocycles. The van der Waals surface area contributed by atoms with Crippen LogP contribution < -0.4 is 5.32 Å². The van der Waals surface area contributed by atoms with Gasteiger partial charge in [0.1, 0.15) is 0 Å². The van der Waals surface area contributed by atoms with Gasteiger partial charge in [-0.15, -0.1) is 0 Å². The minimum Gasteiger partial charge on any atom is -0.382 e. The van der Waals surface area contributed by atoms with Gasteiger partial charge < -0.3 is 10.1 Å². The second-order valence-corrected chi connectivity index (χ2v) is 6.38. The molecular formula is C19H22N4O. The molecule has 1 aliphatic rings. The zero-order chi connectivity index (χ0) is 16.5. The Morgan fingerprint density at radius 3 is 2.88 bits per heavy atom. The van der Waals surface area contributed by atoms with E-state index in [4.69, 9.17) is 4.74 Å². The number of pyridine rings is 1. The topological polar surface area (TPSA) is 52.0 Å². The molecule has 2 aromatic heterocycles. The number of nitrogens with zero attached hydrogens (tertiary/aromatic N) is 3. The fraction of sp³-hybridized carbons (Fsp3) is 0.368. The van der Waals surface area contributed by atoms with E-state index in [0.29, 0.717) is 0 Å². The smallest absolute Gasteiger partial charge is 0.159 e. The summed E-state index contributed by atoms with van der Waals surface area (Å²) in [5.74, 6) is 0. The van der Waals surface area contributed by atoms with Crippen LogP contribution in [0.15, 0.2) is 42.6 Å². The summed E-state index contributed by atoms with van der Waals surface area (Å²) >= 11 is 0. The highest BCUT2D eigenvalue weighted by atomic mass is 16.5. The lowest BCUT2D eigenvalue weighted by Gasteiger charge is -2.16. The predicted molar refractivity (Wildman–Crippen MR) is 95.0 cm³/mol. The molecule has 0 radical (unpaired) electrons. The summed E-state index contributed by atoms with van der Waals surface area (Å²) < 4.78 is 8.04. The maximum Gasteiger partial charge on any atom is 0.159 e. The van der Waals surface area contributed by atoms with Gasteiger partial charge in [-0.2, -0.15) is 5.10 Å². The molecule has 0 bridgehead atoms. The Labute approximate surface area is 141 Å². The molecule has 0 unspecified atom stereocenters. The lowest BCUT2D eigenvalue weighted by molar-refractivity contribution is 0.0522. The Morgan fingerprint density at radius 2 is 2.04 bits per heavy atom. The normalized spacial score (nSPS) is 20.6. The molecular weight excluding hydrogens is 300 g/mol. The fourth-order valence-corrected chi connectivity index (χ4v) is 3.52. The number of benzene rings is 1. The van der Waals surface area contributed by atoms with E-state index in [9.17, 15) is 0 Å². The summed E-state index contributed by atoms with van der Waals surface area (Å²) in [6.45, 7) is 2.82. The number of fused-ring (bicyclic) bond motifs is 1. The first-order chi connectivity index (χ1) is 11.7. The summed E-state index contributed by atoms with van der Waals surface area (Å²) in [5, 5.41) is 9.10. The minimum atomic E-state index is 0.218. The summed E-state index contributed by atoms with van der Waals surface area (Å²) in [6.07, 6.45) is 4.43. The van der Waals surface area contributed by atoms with Crippen molar-refractivity contribution in [1.29, 1.82) is 0 Å². The van der Waals surface area contributed by atoms with Gasteiger partial charge in [0.2, 0.25) is 0 Å². The Bertz CT molecular complexity index is 843. The van der Waals surface area contributed by atoms with Crippen LogP contribution >= 0.6 is 0 Å². The maximum absolute atomic E-state index is 6.22. The molecule has 3 heterocycles. The lowest BCUT2D eigenvalue weighted by Crippen LogP contribution is -2.19. The number of anilines is 1. The summed E-state index contributed by atoms with van der Waals surface area (Å²) in [5.41, 5.74) is 4.26. The van der Waals surface area contributed by atoms with E-state index in [-0.39, 0.29) is 12.2 Å². The Morgan fingerprint density at radius 1 is 1.21 bits per heavy atom. The van der Waals surface area contributed by atoms with Crippen molar-refractivity contribution < 1.29 is 4.74 Å². The third kappa shape index (κ3) is 2.76. The number of ether oxygens (including phenoxy) is 1. The first kappa shape index (κ1) is 15.1. The molecule has 0 spiro atoms. The molecule has 1 aromatic carbocycles. The van der Waals surface area contributed by atoms with E-state index in [0.717, 1.165) is 41.8 Å². The molecule has 3 aromatic rings. The van der Waals surface area contributed by atoms with Crippen LogP contribution in [-0.4, -0.2) is 27.4 Å². The van der Waals surface area contributed by atoms with Crippen LogP contribution in [0.5, 0.6) is 0 Å². The van der Waals surface area contributed by atoms with E-state index in [1.54, 1.807) is 0 Å². The van der Waals surface area contributed by atoms with Crippen molar-refractivity contribution in [3.05, 3.63) is 53.9 Å². The monoisotopic (exact) mass is 322 g/mol. The van der Waals surface area contributed by atoms with Crippen molar-refractivity contribution in [2.75, 3.05) is 11.9 Å². The van der Waals surface area contributed by atoms with Gasteiger partial charge in [0.05, 0.1) is 23.3 Å². The van der Waals surface area contributed by atoms with E-state index in [1.807, 2.05) is 37.0 Å². The van der Waals surface area contributed by atoms with Crippen molar-refractivity contribution in [1.82, 2.24) is 14.8 Å². The SMILES string of the molecule is Cc1nn(C)c2nccc(NC[C@H]3CC[C@@H](c4ccccc4)O3)c12. The quantitative estimate of drug-likeness (QED) is 0.797. The maximum atomic E-state index is 6.22. The van der Waals surface area contributed by atoms with E-state index < -0.39 is 0 Å². The molecule has 1 fully saturated rings. The number of aryl methyl sites for hydroxylation is 2. The van der Waals surface area contributed by atoms with Crippen LogP contribution in [-0.2, 0) is 11.8 Å². The highest BCUT2D eigenvalue weighted by Gasteiger charge is 2.26.